The number of aliphatic hydroxyl groups is 1. The lowest BCUT2D eigenvalue weighted by molar-refractivity contribution is -0.157. The first-order valence-corrected chi connectivity index (χ1v) is 6.97. The molecular weight excluding hydrogens is 326 g/mol. The number of aromatic nitrogens is 3. The van der Waals surface area contributed by atoms with E-state index in [9.17, 15) is 19.5 Å². The summed E-state index contributed by atoms with van der Waals surface area (Å²) in [6, 6.07) is 0. The molecule has 132 valence electrons. The average molecular weight is 343 g/mol. The Morgan fingerprint density at radius 3 is 2.62 bits per heavy atom. The zero-order chi connectivity index (χ0) is 17.9. The fourth-order valence-corrected chi connectivity index (χ4v) is 2.19. The van der Waals surface area contributed by atoms with Gasteiger partial charge in [-0.3, -0.25) is 9.59 Å². The van der Waals surface area contributed by atoms with Gasteiger partial charge in [0, 0.05) is 13.8 Å². The SMILES string of the molecule is COC(=O)c1ncn([C@@H]2O[C@H](COC(C)=O)[C@H](OC(C)=O)[C@@H]2O)n1. The van der Waals surface area contributed by atoms with Crippen molar-refractivity contribution in [3.05, 3.63) is 12.2 Å². The van der Waals surface area contributed by atoms with Gasteiger partial charge in [0.15, 0.2) is 12.3 Å². The zero-order valence-electron chi connectivity index (χ0n) is 13.2. The number of esters is 3. The van der Waals surface area contributed by atoms with Gasteiger partial charge in [0.1, 0.15) is 25.1 Å². The molecule has 1 aliphatic rings. The minimum atomic E-state index is -1.30. The van der Waals surface area contributed by atoms with E-state index in [-0.39, 0.29) is 12.4 Å². The standard InChI is InChI=1S/C13H17N3O8/c1-6(17)22-4-8-10(23-7(2)18)9(19)12(24-8)16-5-14-11(15-16)13(20)21-3/h5,8-10,12,19H,4H2,1-3H3/t8-,9+,10+,12-/m1/s1. The van der Waals surface area contributed by atoms with Gasteiger partial charge in [0.05, 0.1) is 7.11 Å². The van der Waals surface area contributed by atoms with Gasteiger partial charge in [-0.1, -0.05) is 0 Å². The third kappa shape index (κ3) is 3.86. The molecule has 4 atom stereocenters. The Labute approximate surface area is 136 Å². The van der Waals surface area contributed by atoms with E-state index in [0.717, 1.165) is 4.68 Å². The summed E-state index contributed by atoms with van der Waals surface area (Å²) in [4.78, 5) is 37.3. The van der Waals surface area contributed by atoms with Crippen molar-refractivity contribution >= 4 is 17.9 Å². The summed E-state index contributed by atoms with van der Waals surface area (Å²) in [5, 5.41) is 14.2. The number of hydrogen-bond acceptors (Lipinski definition) is 10. The van der Waals surface area contributed by atoms with Gasteiger partial charge in [-0.25, -0.2) is 14.5 Å². The lowest BCUT2D eigenvalue weighted by Gasteiger charge is -2.19. The van der Waals surface area contributed by atoms with Crippen LogP contribution in [-0.4, -0.2) is 69.8 Å². The van der Waals surface area contributed by atoms with Gasteiger partial charge >= 0.3 is 17.9 Å². The molecule has 1 aromatic rings. The van der Waals surface area contributed by atoms with Crippen molar-refractivity contribution < 1.29 is 38.4 Å². The molecule has 0 amide bonds. The normalized spacial score (nSPS) is 26.0. The molecule has 1 saturated heterocycles. The summed E-state index contributed by atoms with van der Waals surface area (Å²) in [6.45, 7) is 2.16. The molecule has 1 fully saturated rings. The maximum Gasteiger partial charge on any atom is 0.377 e. The average Bonchev–Trinajstić information content (AvgIpc) is 3.11. The van der Waals surface area contributed by atoms with Gasteiger partial charge < -0.3 is 24.1 Å². The summed E-state index contributed by atoms with van der Waals surface area (Å²) in [7, 11) is 1.18. The molecule has 2 rings (SSSR count). The van der Waals surface area contributed by atoms with Crippen LogP contribution in [0.5, 0.6) is 0 Å². The van der Waals surface area contributed by atoms with Gasteiger partial charge in [0.2, 0.25) is 0 Å². The van der Waals surface area contributed by atoms with Crippen molar-refractivity contribution in [3.63, 3.8) is 0 Å². The molecule has 1 aliphatic heterocycles. The van der Waals surface area contributed by atoms with E-state index in [1.807, 2.05) is 0 Å². The van der Waals surface area contributed by atoms with Gasteiger partial charge in [-0.15, -0.1) is 5.10 Å². The van der Waals surface area contributed by atoms with Crippen LogP contribution in [0, 0.1) is 0 Å². The predicted molar refractivity (Wildman–Crippen MR) is 73.5 cm³/mol. The topological polar surface area (TPSA) is 139 Å². The van der Waals surface area contributed by atoms with Crippen LogP contribution in [0.25, 0.3) is 0 Å². The van der Waals surface area contributed by atoms with Crippen LogP contribution in [0.1, 0.15) is 30.7 Å². The molecule has 11 nitrogen and oxygen atoms in total. The molecule has 0 spiro atoms. The second-order valence-corrected chi connectivity index (χ2v) is 4.97. The molecule has 0 bridgehead atoms. The second kappa shape index (κ2) is 7.36. The monoisotopic (exact) mass is 343 g/mol. The Kier molecular flexibility index (Phi) is 5.46. The summed E-state index contributed by atoms with van der Waals surface area (Å²) >= 11 is 0. The highest BCUT2D eigenvalue weighted by Gasteiger charge is 2.48. The Bertz CT molecular complexity index is 630. The number of nitrogens with zero attached hydrogens (tertiary/aromatic N) is 3. The fourth-order valence-electron chi connectivity index (χ4n) is 2.19. The highest BCUT2D eigenvalue weighted by molar-refractivity contribution is 5.84. The first-order valence-electron chi connectivity index (χ1n) is 6.97. The highest BCUT2D eigenvalue weighted by Crippen LogP contribution is 2.31. The van der Waals surface area contributed by atoms with E-state index >= 15 is 0 Å². The van der Waals surface area contributed by atoms with Crippen molar-refractivity contribution in [1.29, 1.82) is 0 Å². The van der Waals surface area contributed by atoms with Crippen LogP contribution in [0.15, 0.2) is 6.33 Å². The third-order valence-corrected chi connectivity index (χ3v) is 3.20. The van der Waals surface area contributed by atoms with Crippen molar-refractivity contribution in [2.24, 2.45) is 0 Å². The lowest BCUT2D eigenvalue weighted by Crippen LogP contribution is -2.38. The largest absolute Gasteiger partial charge is 0.463 e. The van der Waals surface area contributed by atoms with E-state index in [2.05, 4.69) is 14.8 Å². The van der Waals surface area contributed by atoms with E-state index in [4.69, 9.17) is 14.2 Å². The molecule has 1 aromatic heterocycles. The molecule has 0 unspecified atom stereocenters. The first-order chi connectivity index (χ1) is 11.3. The number of methoxy groups -OCH3 is 1. The smallest absolute Gasteiger partial charge is 0.377 e. The number of carbonyl (C=O) groups excluding carboxylic acids is 3. The number of carbonyl (C=O) groups is 3. The van der Waals surface area contributed by atoms with Crippen molar-refractivity contribution in [1.82, 2.24) is 14.8 Å². The van der Waals surface area contributed by atoms with E-state index < -0.39 is 42.4 Å². The maximum absolute atomic E-state index is 11.4. The maximum atomic E-state index is 11.4. The molecule has 0 radical (unpaired) electrons. The fraction of sp³-hybridized carbons (Fsp3) is 0.615. The van der Waals surface area contributed by atoms with Gasteiger partial charge in [-0.05, 0) is 0 Å². The summed E-state index contributed by atoms with van der Waals surface area (Å²) in [5.41, 5.74) is 0. The van der Waals surface area contributed by atoms with Crippen LogP contribution in [-0.2, 0) is 28.5 Å². The van der Waals surface area contributed by atoms with Crippen LogP contribution in [0.4, 0.5) is 0 Å². The molecular formula is C13H17N3O8. The zero-order valence-corrected chi connectivity index (χ0v) is 13.2. The Morgan fingerprint density at radius 2 is 2.04 bits per heavy atom. The number of hydrogen-bond donors (Lipinski definition) is 1. The summed E-state index contributed by atoms with van der Waals surface area (Å²) in [6.07, 6.45) is -3.19. The van der Waals surface area contributed by atoms with E-state index in [1.165, 1.54) is 27.3 Å². The van der Waals surface area contributed by atoms with Crippen LogP contribution >= 0.6 is 0 Å². The van der Waals surface area contributed by atoms with Gasteiger partial charge in [0.25, 0.3) is 5.82 Å². The molecule has 0 aliphatic carbocycles. The summed E-state index contributed by atoms with van der Waals surface area (Å²) in [5.74, 6) is -2.16. The molecule has 0 aromatic carbocycles. The van der Waals surface area contributed by atoms with Crippen molar-refractivity contribution in [2.75, 3.05) is 13.7 Å². The van der Waals surface area contributed by atoms with E-state index in [1.54, 1.807) is 0 Å². The number of aliphatic hydroxyl groups excluding tert-OH is 1. The highest BCUT2D eigenvalue weighted by atomic mass is 16.6. The molecule has 2 heterocycles. The molecule has 11 heteroatoms. The quantitative estimate of drug-likeness (QED) is 0.513. The summed E-state index contributed by atoms with van der Waals surface area (Å²) < 4.78 is 21.0. The third-order valence-electron chi connectivity index (χ3n) is 3.20. The first kappa shape index (κ1) is 17.8. The van der Waals surface area contributed by atoms with Crippen molar-refractivity contribution in [3.8, 4) is 0 Å². The Hall–Kier alpha value is -2.53. The molecule has 24 heavy (non-hydrogen) atoms. The molecule has 1 N–H and O–H groups in total. The number of rotatable bonds is 5. The van der Waals surface area contributed by atoms with Crippen LogP contribution < -0.4 is 0 Å². The number of ether oxygens (including phenoxy) is 4. The van der Waals surface area contributed by atoms with Crippen LogP contribution in [0.3, 0.4) is 0 Å². The molecule has 0 saturated carbocycles. The van der Waals surface area contributed by atoms with E-state index in [0.29, 0.717) is 0 Å². The lowest BCUT2D eigenvalue weighted by atomic mass is 10.1. The predicted octanol–water partition coefficient (Wildman–Crippen LogP) is -1.18. The Morgan fingerprint density at radius 1 is 1.33 bits per heavy atom. The minimum Gasteiger partial charge on any atom is -0.463 e. The van der Waals surface area contributed by atoms with Crippen molar-refractivity contribution in [2.45, 2.75) is 38.4 Å². The van der Waals surface area contributed by atoms with Crippen LogP contribution in [0.2, 0.25) is 0 Å². The Balaban J connectivity index is 2.18. The van der Waals surface area contributed by atoms with Gasteiger partial charge in [-0.2, -0.15) is 0 Å². The second-order valence-electron chi connectivity index (χ2n) is 4.97. The minimum absolute atomic E-state index is 0.222.